The maximum absolute atomic E-state index is 12.0. The number of furan rings is 1. The second-order valence-electron chi connectivity index (χ2n) is 5.19. The van der Waals surface area contributed by atoms with Gasteiger partial charge < -0.3 is 9.73 Å². The van der Waals surface area contributed by atoms with Crippen LogP contribution in [0.15, 0.2) is 16.5 Å². The van der Waals surface area contributed by atoms with Gasteiger partial charge in [-0.05, 0) is 39.3 Å². The highest BCUT2D eigenvalue weighted by atomic mass is 35.5. The maximum Gasteiger partial charge on any atom is 0.287 e. The highest BCUT2D eigenvalue weighted by Crippen LogP contribution is 2.20. The number of rotatable bonds is 5. The standard InChI is InChI=1S/C15H20ClN3O2/c1-5-9(2)17-15(20)13-7-6-12(21-13)8-19-11(4)14(16)10(3)18-19/h6-7,9H,5,8H2,1-4H3,(H,17,20). The lowest BCUT2D eigenvalue weighted by Crippen LogP contribution is -2.31. The molecule has 0 radical (unpaired) electrons. The van der Waals surface area contributed by atoms with Crippen LogP contribution in [0.1, 0.15) is 48.0 Å². The first-order valence-electron chi connectivity index (χ1n) is 7.01. The Morgan fingerprint density at radius 3 is 2.76 bits per heavy atom. The Morgan fingerprint density at radius 1 is 1.48 bits per heavy atom. The summed E-state index contributed by atoms with van der Waals surface area (Å²) in [4.78, 5) is 12.0. The minimum absolute atomic E-state index is 0.126. The minimum Gasteiger partial charge on any atom is -0.454 e. The van der Waals surface area contributed by atoms with E-state index in [1.54, 1.807) is 16.8 Å². The third-order valence-electron chi connectivity index (χ3n) is 3.47. The van der Waals surface area contributed by atoms with Gasteiger partial charge in [-0.2, -0.15) is 5.10 Å². The SMILES string of the molecule is CCC(C)NC(=O)c1ccc(Cn2nc(C)c(Cl)c2C)o1. The van der Waals surface area contributed by atoms with Gasteiger partial charge >= 0.3 is 0 Å². The summed E-state index contributed by atoms with van der Waals surface area (Å²) >= 11 is 6.12. The van der Waals surface area contributed by atoms with Gasteiger partial charge in [0.15, 0.2) is 5.76 Å². The molecule has 0 spiro atoms. The van der Waals surface area contributed by atoms with Gasteiger partial charge in [0, 0.05) is 6.04 Å². The van der Waals surface area contributed by atoms with Crippen LogP contribution in [-0.4, -0.2) is 21.7 Å². The molecule has 21 heavy (non-hydrogen) atoms. The molecule has 0 fully saturated rings. The number of halogens is 1. The predicted octanol–water partition coefficient (Wildman–Crippen LogP) is 3.32. The van der Waals surface area contributed by atoms with E-state index in [1.165, 1.54) is 0 Å². The number of amides is 1. The molecular formula is C15H20ClN3O2. The highest BCUT2D eigenvalue weighted by Gasteiger charge is 2.15. The van der Waals surface area contributed by atoms with Crippen molar-refractivity contribution >= 4 is 17.5 Å². The number of nitrogens with zero attached hydrogens (tertiary/aromatic N) is 2. The number of carbonyl (C=O) groups excluding carboxylic acids is 1. The second kappa shape index (κ2) is 6.35. The molecule has 1 N–H and O–H groups in total. The molecule has 0 aliphatic rings. The zero-order valence-electron chi connectivity index (χ0n) is 12.7. The van der Waals surface area contributed by atoms with Crippen molar-refractivity contribution in [3.63, 3.8) is 0 Å². The van der Waals surface area contributed by atoms with Gasteiger partial charge in [0.1, 0.15) is 5.76 Å². The maximum atomic E-state index is 12.0. The van der Waals surface area contributed by atoms with Crippen LogP contribution in [0.4, 0.5) is 0 Å². The summed E-state index contributed by atoms with van der Waals surface area (Å²) < 4.78 is 7.35. The first-order valence-corrected chi connectivity index (χ1v) is 7.39. The van der Waals surface area contributed by atoms with Crippen molar-refractivity contribution in [3.05, 3.63) is 40.1 Å². The summed E-state index contributed by atoms with van der Waals surface area (Å²) in [6.45, 7) is 8.20. The number of hydrogen-bond donors (Lipinski definition) is 1. The van der Waals surface area contributed by atoms with Gasteiger partial charge in [0.05, 0.1) is 23.0 Å². The van der Waals surface area contributed by atoms with E-state index in [-0.39, 0.29) is 11.9 Å². The molecule has 1 unspecified atom stereocenters. The Hall–Kier alpha value is -1.75. The molecule has 0 saturated carbocycles. The van der Waals surface area contributed by atoms with Gasteiger partial charge in [0.2, 0.25) is 0 Å². The van der Waals surface area contributed by atoms with E-state index in [1.807, 2.05) is 27.7 Å². The monoisotopic (exact) mass is 309 g/mol. The van der Waals surface area contributed by atoms with E-state index in [0.717, 1.165) is 17.8 Å². The molecule has 0 saturated heterocycles. The fraction of sp³-hybridized carbons (Fsp3) is 0.467. The number of aryl methyl sites for hydroxylation is 1. The van der Waals surface area contributed by atoms with Gasteiger partial charge in [-0.3, -0.25) is 9.48 Å². The summed E-state index contributed by atoms with van der Waals surface area (Å²) in [6.07, 6.45) is 0.879. The predicted molar refractivity (Wildman–Crippen MR) is 81.7 cm³/mol. The van der Waals surface area contributed by atoms with E-state index in [0.29, 0.717) is 23.1 Å². The number of hydrogen-bond acceptors (Lipinski definition) is 3. The smallest absolute Gasteiger partial charge is 0.287 e. The Labute approximate surface area is 129 Å². The van der Waals surface area contributed by atoms with Crippen molar-refractivity contribution in [2.24, 2.45) is 0 Å². The zero-order valence-corrected chi connectivity index (χ0v) is 13.5. The van der Waals surface area contributed by atoms with Crippen molar-refractivity contribution in [2.75, 3.05) is 0 Å². The molecule has 0 bridgehead atoms. The van der Waals surface area contributed by atoms with Crippen LogP contribution in [0.25, 0.3) is 0 Å². The van der Waals surface area contributed by atoms with Crippen molar-refractivity contribution in [1.29, 1.82) is 0 Å². The number of carbonyl (C=O) groups is 1. The first-order chi connectivity index (χ1) is 9.92. The lowest BCUT2D eigenvalue weighted by Gasteiger charge is -2.09. The van der Waals surface area contributed by atoms with Crippen LogP contribution in [0.3, 0.4) is 0 Å². The average molecular weight is 310 g/mol. The zero-order chi connectivity index (χ0) is 15.6. The van der Waals surface area contributed by atoms with Crippen LogP contribution >= 0.6 is 11.6 Å². The van der Waals surface area contributed by atoms with E-state index in [9.17, 15) is 4.79 Å². The Morgan fingerprint density at radius 2 is 2.19 bits per heavy atom. The molecule has 6 heteroatoms. The van der Waals surface area contributed by atoms with Crippen LogP contribution in [-0.2, 0) is 6.54 Å². The van der Waals surface area contributed by atoms with Crippen molar-refractivity contribution in [2.45, 2.75) is 46.7 Å². The van der Waals surface area contributed by atoms with E-state index in [4.69, 9.17) is 16.0 Å². The van der Waals surface area contributed by atoms with Crippen molar-refractivity contribution in [1.82, 2.24) is 15.1 Å². The Kier molecular flexibility index (Phi) is 4.73. The molecule has 1 atom stereocenters. The van der Waals surface area contributed by atoms with E-state index < -0.39 is 0 Å². The fourth-order valence-electron chi connectivity index (χ4n) is 1.96. The molecule has 5 nitrogen and oxygen atoms in total. The Balaban J connectivity index is 2.09. The largest absolute Gasteiger partial charge is 0.454 e. The lowest BCUT2D eigenvalue weighted by molar-refractivity contribution is 0.0909. The van der Waals surface area contributed by atoms with E-state index in [2.05, 4.69) is 10.4 Å². The van der Waals surface area contributed by atoms with Gasteiger partial charge in [0.25, 0.3) is 5.91 Å². The fourth-order valence-corrected chi connectivity index (χ4v) is 2.09. The molecule has 2 aromatic rings. The van der Waals surface area contributed by atoms with Gasteiger partial charge in [-0.25, -0.2) is 0 Å². The number of aromatic nitrogens is 2. The third kappa shape index (κ3) is 3.47. The highest BCUT2D eigenvalue weighted by molar-refractivity contribution is 6.31. The summed E-state index contributed by atoms with van der Waals surface area (Å²) in [5, 5.41) is 7.88. The summed E-state index contributed by atoms with van der Waals surface area (Å²) in [5.41, 5.74) is 1.67. The van der Waals surface area contributed by atoms with Crippen LogP contribution < -0.4 is 5.32 Å². The topological polar surface area (TPSA) is 60.1 Å². The molecule has 1 amide bonds. The van der Waals surface area contributed by atoms with Crippen LogP contribution in [0.5, 0.6) is 0 Å². The van der Waals surface area contributed by atoms with Crippen LogP contribution in [0, 0.1) is 13.8 Å². The third-order valence-corrected chi connectivity index (χ3v) is 4.02. The Bertz CT molecular complexity index is 645. The molecular weight excluding hydrogens is 290 g/mol. The minimum atomic E-state index is -0.193. The quantitative estimate of drug-likeness (QED) is 0.921. The van der Waals surface area contributed by atoms with E-state index >= 15 is 0 Å². The van der Waals surface area contributed by atoms with Crippen molar-refractivity contribution < 1.29 is 9.21 Å². The lowest BCUT2D eigenvalue weighted by atomic mass is 10.2. The summed E-state index contributed by atoms with van der Waals surface area (Å²) in [5.74, 6) is 0.798. The normalized spacial score (nSPS) is 12.4. The first kappa shape index (κ1) is 15.6. The van der Waals surface area contributed by atoms with Crippen molar-refractivity contribution in [3.8, 4) is 0 Å². The second-order valence-corrected chi connectivity index (χ2v) is 5.57. The molecule has 114 valence electrons. The molecule has 0 aliphatic carbocycles. The number of nitrogens with one attached hydrogen (secondary N) is 1. The molecule has 0 aliphatic heterocycles. The summed E-state index contributed by atoms with van der Waals surface area (Å²) in [7, 11) is 0. The molecule has 2 heterocycles. The molecule has 0 aromatic carbocycles. The molecule has 2 rings (SSSR count). The van der Waals surface area contributed by atoms with Gasteiger partial charge in [-0.1, -0.05) is 18.5 Å². The van der Waals surface area contributed by atoms with Gasteiger partial charge in [-0.15, -0.1) is 0 Å². The summed E-state index contributed by atoms with van der Waals surface area (Å²) in [6, 6.07) is 3.59. The van der Waals surface area contributed by atoms with Crippen LogP contribution in [0.2, 0.25) is 5.02 Å². The average Bonchev–Trinajstić information content (AvgIpc) is 3.01. The molecule has 2 aromatic heterocycles.